The number of aromatic amines is 1. The molecule has 0 amide bonds. The molecule has 2 heterocycles. The Morgan fingerprint density at radius 3 is 2.65 bits per heavy atom. The fraction of sp³-hybridized carbons (Fsp3) is 0. The maximum absolute atomic E-state index is 11.7. The van der Waals surface area contributed by atoms with Gasteiger partial charge in [0.2, 0.25) is 5.13 Å². The Kier molecular flexibility index (Phi) is 2.77. The number of sulfonamides is 1. The first-order valence-electron chi connectivity index (χ1n) is 4.15. The number of nitrogens with one attached hydrogen (secondary N) is 2. The number of nitrogens with two attached hydrogens (primary N) is 1. The summed E-state index contributed by atoms with van der Waals surface area (Å²) in [5.41, 5.74) is 4.84. The van der Waals surface area contributed by atoms with E-state index in [1.165, 1.54) is 6.07 Å². The average Bonchev–Trinajstić information content (AvgIpc) is 2.69. The van der Waals surface area contributed by atoms with Crippen molar-refractivity contribution in [3.05, 3.63) is 22.5 Å². The first-order chi connectivity index (χ1) is 7.97. The van der Waals surface area contributed by atoms with Gasteiger partial charge >= 0.3 is 0 Å². The molecule has 0 spiro atoms. The monoisotopic (exact) mass is 274 g/mol. The first kappa shape index (κ1) is 11.5. The van der Waals surface area contributed by atoms with Crippen molar-refractivity contribution in [1.82, 2.24) is 20.4 Å². The van der Waals surface area contributed by atoms with E-state index in [2.05, 4.69) is 25.1 Å². The second kappa shape index (κ2) is 4.10. The van der Waals surface area contributed by atoms with Gasteiger partial charge in [-0.2, -0.15) is 13.5 Å². The van der Waals surface area contributed by atoms with Crippen LogP contribution in [-0.2, 0) is 10.0 Å². The normalized spacial score (nSPS) is 11.3. The number of nitrogens with zero attached hydrogens (tertiary/aromatic N) is 3. The smallest absolute Gasteiger partial charge is 0.292 e. The number of anilines is 2. The summed E-state index contributed by atoms with van der Waals surface area (Å²) < 4.78 is 25.3. The maximum atomic E-state index is 11.7. The molecule has 4 N–H and O–H groups in total. The highest BCUT2D eigenvalue weighted by molar-refractivity contribution is 7.94. The molecular weight excluding hydrogens is 268 g/mol. The van der Waals surface area contributed by atoms with Crippen molar-refractivity contribution in [3.63, 3.8) is 0 Å². The van der Waals surface area contributed by atoms with Crippen LogP contribution >= 0.6 is 11.3 Å². The van der Waals surface area contributed by atoms with Gasteiger partial charge < -0.3 is 5.73 Å². The molecule has 0 saturated heterocycles. The van der Waals surface area contributed by atoms with Gasteiger partial charge in [0, 0.05) is 6.07 Å². The number of H-pyrrole nitrogens is 1. The average molecular weight is 274 g/mol. The van der Waals surface area contributed by atoms with Gasteiger partial charge in [-0.25, -0.2) is 5.10 Å². The van der Waals surface area contributed by atoms with Gasteiger partial charge in [0.15, 0.2) is 5.82 Å². The molecule has 90 valence electrons. The van der Waals surface area contributed by atoms with Crippen LogP contribution in [0.3, 0.4) is 0 Å². The van der Waals surface area contributed by atoms with Crippen LogP contribution in [0.1, 0.15) is 0 Å². The van der Waals surface area contributed by atoms with Crippen LogP contribution in [0.25, 0.3) is 0 Å². The van der Waals surface area contributed by atoms with Gasteiger partial charge in [-0.15, -0.1) is 10.2 Å². The Balaban J connectivity index is 2.29. The summed E-state index contributed by atoms with van der Waals surface area (Å²) in [5.74, 6) is -0.0293. The quantitative estimate of drug-likeness (QED) is 0.651. The van der Waals surface area contributed by atoms with Crippen LogP contribution in [0.4, 0.5) is 10.9 Å². The number of rotatable bonds is 3. The molecule has 11 heteroatoms. The lowest BCUT2D eigenvalue weighted by atomic mass is 10.5. The van der Waals surface area contributed by atoms with E-state index in [4.69, 9.17) is 5.73 Å². The third-order valence-electron chi connectivity index (χ3n) is 1.57. The zero-order valence-electron chi connectivity index (χ0n) is 8.11. The van der Waals surface area contributed by atoms with Crippen LogP contribution in [-0.4, -0.2) is 28.8 Å². The molecule has 9 nitrogen and oxygen atoms in total. The summed E-state index contributed by atoms with van der Waals surface area (Å²) in [6.07, 6.45) is 0. The third-order valence-corrected chi connectivity index (χ3v) is 4.04. The van der Waals surface area contributed by atoms with Gasteiger partial charge in [-0.05, 0) is 6.07 Å². The maximum Gasteiger partial charge on any atom is 0.292 e. The Morgan fingerprint density at radius 2 is 2.12 bits per heavy atom. The zero-order chi connectivity index (χ0) is 12.5. The van der Waals surface area contributed by atoms with E-state index < -0.39 is 15.6 Å². The number of nitrogen functional groups attached to an aromatic ring is 1. The molecule has 0 aromatic carbocycles. The van der Waals surface area contributed by atoms with Crippen LogP contribution < -0.4 is 16.0 Å². The second-order valence-electron chi connectivity index (χ2n) is 2.82. The van der Waals surface area contributed by atoms with Crippen molar-refractivity contribution in [2.24, 2.45) is 0 Å². The fourth-order valence-corrected chi connectivity index (χ4v) is 2.70. The molecule has 17 heavy (non-hydrogen) atoms. The van der Waals surface area contributed by atoms with E-state index >= 15 is 0 Å². The van der Waals surface area contributed by atoms with E-state index in [-0.39, 0.29) is 15.3 Å². The van der Waals surface area contributed by atoms with Crippen LogP contribution in [0.2, 0.25) is 0 Å². The summed E-state index contributed by atoms with van der Waals surface area (Å²) >= 11 is 0.722. The minimum atomic E-state index is -3.87. The Morgan fingerprint density at radius 1 is 1.35 bits per heavy atom. The molecule has 0 atom stereocenters. The highest BCUT2D eigenvalue weighted by Crippen LogP contribution is 2.18. The summed E-state index contributed by atoms with van der Waals surface area (Å²) in [6.45, 7) is 0. The van der Waals surface area contributed by atoms with E-state index in [9.17, 15) is 13.2 Å². The summed E-state index contributed by atoms with van der Waals surface area (Å²) in [7, 11) is -3.87. The topological polar surface area (TPSA) is 144 Å². The van der Waals surface area contributed by atoms with Crippen molar-refractivity contribution in [3.8, 4) is 0 Å². The van der Waals surface area contributed by atoms with Crippen LogP contribution in [0.15, 0.2) is 21.3 Å². The zero-order valence-corrected chi connectivity index (χ0v) is 9.75. The van der Waals surface area contributed by atoms with Crippen LogP contribution in [0.5, 0.6) is 0 Å². The molecule has 0 aliphatic heterocycles. The lowest BCUT2D eigenvalue weighted by molar-refractivity contribution is 0.599. The molecule has 2 aromatic rings. The Hall–Kier alpha value is -2.01. The summed E-state index contributed by atoms with van der Waals surface area (Å²) in [6, 6.07) is 2.36. The number of hydrogen-bond donors (Lipinski definition) is 3. The number of hydrogen-bond acceptors (Lipinski definition) is 8. The predicted octanol–water partition coefficient (Wildman–Crippen LogP) is -0.996. The SMILES string of the molecule is Nc1nnc(S(=O)(=O)Nc2ccc(=O)[nH]n2)s1. The molecule has 0 aliphatic carbocycles. The van der Waals surface area contributed by atoms with E-state index in [1.807, 2.05) is 0 Å². The summed E-state index contributed by atoms with van der Waals surface area (Å²) in [4.78, 5) is 10.7. The molecule has 0 fully saturated rings. The van der Waals surface area contributed by atoms with Crippen molar-refractivity contribution in [1.29, 1.82) is 0 Å². The largest absolute Gasteiger partial charge is 0.374 e. The van der Waals surface area contributed by atoms with Crippen molar-refractivity contribution < 1.29 is 8.42 Å². The molecule has 0 aliphatic rings. The lowest BCUT2D eigenvalue weighted by Crippen LogP contribution is -2.16. The van der Waals surface area contributed by atoms with Gasteiger partial charge in [-0.1, -0.05) is 11.3 Å². The van der Waals surface area contributed by atoms with Gasteiger partial charge in [0.1, 0.15) is 0 Å². The fourth-order valence-electron chi connectivity index (χ4n) is 0.912. The molecule has 0 radical (unpaired) electrons. The third kappa shape index (κ3) is 2.57. The van der Waals surface area contributed by atoms with Crippen molar-refractivity contribution >= 4 is 32.3 Å². The van der Waals surface area contributed by atoms with E-state index in [0.29, 0.717) is 0 Å². The van der Waals surface area contributed by atoms with E-state index in [1.54, 1.807) is 0 Å². The standard InChI is InChI=1S/C6H6N6O3S2/c7-5-10-11-6(16-5)17(14,15)12-3-1-2-4(13)9-8-3/h1-2H,(H2,7,10)(H,8,12)(H,9,13). The Bertz CT molecular complexity index is 669. The molecule has 2 aromatic heterocycles. The van der Waals surface area contributed by atoms with Gasteiger partial charge in [0.05, 0.1) is 0 Å². The second-order valence-corrected chi connectivity index (χ2v) is 5.68. The summed E-state index contributed by atoms with van der Waals surface area (Å²) in [5, 5.41) is 12.4. The highest BCUT2D eigenvalue weighted by Gasteiger charge is 2.20. The minimum Gasteiger partial charge on any atom is -0.374 e. The lowest BCUT2D eigenvalue weighted by Gasteiger charge is -2.01. The highest BCUT2D eigenvalue weighted by atomic mass is 32.2. The van der Waals surface area contributed by atoms with Crippen LogP contribution in [0, 0.1) is 0 Å². The molecule has 2 rings (SSSR count). The molecule has 0 saturated carbocycles. The van der Waals surface area contributed by atoms with E-state index in [0.717, 1.165) is 17.4 Å². The van der Waals surface area contributed by atoms with Gasteiger partial charge in [-0.3, -0.25) is 9.52 Å². The minimum absolute atomic E-state index is 0.0293. The Labute approximate surface area is 98.8 Å². The molecule has 0 unspecified atom stereocenters. The number of aromatic nitrogens is 4. The molecular formula is C6H6N6O3S2. The van der Waals surface area contributed by atoms with Gasteiger partial charge in [0.25, 0.3) is 19.9 Å². The predicted molar refractivity (Wildman–Crippen MR) is 60.0 cm³/mol. The van der Waals surface area contributed by atoms with Crippen molar-refractivity contribution in [2.75, 3.05) is 10.5 Å². The first-order valence-corrected chi connectivity index (χ1v) is 6.45. The molecule has 0 bridgehead atoms. The van der Waals surface area contributed by atoms with Crippen molar-refractivity contribution in [2.45, 2.75) is 4.34 Å².